The topological polar surface area (TPSA) is 85.8 Å². The van der Waals surface area contributed by atoms with Crippen molar-refractivity contribution >= 4 is 28.3 Å². The van der Waals surface area contributed by atoms with Crippen LogP contribution in [0.3, 0.4) is 0 Å². The van der Waals surface area contributed by atoms with Gasteiger partial charge in [-0.2, -0.15) is 5.10 Å². The fourth-order valence-corrected chi connectivity index (χ4v) is 2.82. The Hall–Kier alpha value is -3.74. The Morgan fingerprint density at radius 2 is 1.89 bits per heavy atom. The van der Waals surface area contributed by atoms with E-state index in [1.165, 1.54) is 6.07 Å². The fourth-order valence-electron chi connectivity index (χ4n) is 2.82. The Balaban J connectivity index is 1.61. The summed E-state index contributed by atoms with van der Waals surface area (Å²) in [4.78, 5) is 15.5. The van der Waals surface area contributed by atoms with Crippen LogP contribution in [0, 0.1) is 5.82 Å². The number of nitrogens with zero attached hydrogens (tertiary/aromatic N) is 3. The lowest BCUT2D eigenvalue weighted by molar-refractivity contribution is 0.100. The molecule has 0 aliphatic carbocycles. The molecule has 0 atom stereocenters. The van der Waals surface area contributed by atoms with Gasteiger partial charge in [-0.3, -0.25) is 9.48 Å². The van der Waals surface area contributed by atoms with E-state index in [1.54, 1.807) is 59.5 Å². The van der Waals surface area contributed by atoms with Gasteiger partial charge < -0.3 is 11.1 Å². The number of carbonyl (C=O) groups is 1. The first-order valence-corrected chi connectivity index (χ1v) is 8.32. The highest BCUT2D eigenvalue weighted by molar-refractivity contribution is 5.93. The van der Waals surface area contributed by atoms with Crippen LogP contribution in [-0.2, 0) is 6.54 Å². The van der Waals surface area contributed by atoms with Gasteiger partial charge in [0.25, 0.3) is 0 Å². The molecule has 2 heterocycles. The average molecular weight is 361 g/mol. The summed E-state index contributed by atoms with van der Waals surface area (Å²) in [6.45, 7) is 0.326. The fraction of sp³-hybridized carbons (Fsp3) is 0.0500. The van der Waals surface area contributed by atoms with Gasteiger partial charge >= 0.3 is 0 Å². The van der Waals surface area contributed by atoms with Gasteiger partial charge in [-0.05, 0) is 30.3 Å². The van der Waals surface area contributed by atoms with Crippen molar-refractivity contribution in [1.82, 2.24) is 14.8 Å². The number of nitrogens with one attached hydrogen (secondary N) is 1. The van der Waals surface area contributed by atoms with Gasteiger partial charge in [0.1, 0.15) is 11.6 Å². The molecule has 0 unspecified atom stereocenters. The highest BCUT2D eigenvalue weighted by Crippen LogP contribution is 2.21. The van der Waals surface area contributed by atoms with Gasteiger partial charge in [-0.15, -0.1) is 0 Å². The third-order valence-corrected chi connectivity index (χ3v) is 4.25. The highest BCUT2D eigenvalue weighted by Gasteiger charge is 2.09. The molecule has 0 saturated heterocycles. The minimum atomic E-state index is -0.474. The molecule has 4 rings (SSSR count). The SMILES string of the molecule is NC(=O)c1ccc(Nc2cc3c(cn2)cnn3Cc2ccccc2F)cc1. The monoisotopic (exact) mass is 361 g/mol. The maximum atomic E-state index is 13.9. The van der Waals surface area contributed by atoms with Crippen LogP contribution in [0.4, 0.5) is 15.9 Å². The van der Waals surface area contributed by atoms with Crippen LogP contribution in [0.15, 0.2) is 67.0 Å². The van der Waals surface area contributed by atoms with Crippen LogP contribution >= 0.6 is 0 Å². The number of nitrogens with two attached hydrogens (primary N) is 1. The van der Waals surface area contributed by atoms with Crippen molar-refractivity contribution in [2.24, 2.45) is 5.73 Å². The number of carbonyl (C=O) groups excluding carboxylic acids is 1. The standard InChI is InChI=1S/C20H16FN5O/c21-17-4-2-1-3-14(17)12-26-18-9-19(23-10-15(18)11-24-26)25-16-7-5-13(6-8-16)20(22)27/h1-11H,12H2,(H2,22,27)(H,23,25). The van der Waals surface area contributed by atoms with E-state index in [9.17, 15) is 9.18 Å². The normalized spacial score (nSPS) is 10.9. The largest absolute Gasteiger partial charge is 0.366 e. The molecule has 134 valence electrons. The Morgan fingerprint density at radius 1 is 1.11 bits per heavy atom. The molecule has 0 saturated carbocycles. The first kappa shape index (κ1) is 16.7. The van der Waals surface area contributed by atoms with E-state index in [1.807, 2.05) is 6.07 Å². The minimum absolute atomic E-state index is 0.261. The summed E-state index contributed by atoms with van der Waals surface area (Å²) in [5.41, 5.74) is 7.86. The van der Waals surface area contributed by atoms with E-state index in [0.717, 1.165) is 16.6 Å². The van der Waals surface area contributed by atoms with Crippen LogP contribution in [0.5, 0.6) is 0 Å². The maximum Gasteiger partial charge on any atom is 0.248 e. The molecule has 2 aromatic heterocycles. The predicted octanol–water partition coefficient (Wildman–Crippen LogP) is 3.46. The second-order valence-corrected chi connectivity index (χ2v) is 6.09. The summed E-state index contributed by atoms with van der Waals surface area (Å²) >= 11 is 0. The number of rotatable bonds is 5. The molecule has 3 N–H and O–H groups in total. The molecule has 0 radical (unpaired) electrons. The number of hydrogen-bond acceptors (Lipinski definition) is 4. The number of fused-ring (bicyclic) bond motifs is 1. The maximum absolute atomic E-state index is 13.9. The van der Waals surface area contributed by atoms with Gasteiger partial charge in [0.2, 0.25) is 5.91 Å². The second-order valence-electron chi connectivity index (χ2n) is 6.09. The first-order chi connectivity index (χ1) is 13.1. The van der Waals surface area contributed by atoms with Crippen molar-refractivity contribution in [2.75, 3.05) is 5.32 Å². The van der Waals surface area contributed by atoms with Crippen LogP contribution in [0.1, 0.15) is 15.9 Å². The molecule has 0 aliphatic rings. The number of halogens is 1. The lowest BCUT2D eigenvalue weighted by Gasteiger charge is -2.08. The summed E-state index contributed by atoms with van der Waals surface area (Å²) in [5, 5.41) is 8.38. The Labute approximate surface area is 154 Å². The van der Waals surface area contributed by atoms with Crippen LogP contribution in [0.2, 0.25) is 0 Å². The number of amides is 1. The lowest BCUT2D eigenvalue weighted by atomic mass is 10.2. The molecule has 6 nitrogen and oxygen atoms in total. The molecule has 0 spiro atoms. The van der Waals surface area contributed by atoms with Crippen LogP contribution in [0.25, 0.3) is 10.9 Å². The van der Waals surface area contributed by atoms with Crippen LogP contribution < -0.4 is 11.1 Å². The van der Waals surface area contributed by atoms with E-state index in [0.29, 0.717) is 23.5 Å². The van der Waals surface area contributed by atoms with Gasteiger partial charge in [0, 0.05) is 34.5 Å². The Morgan fingerprint density at radius 3 is 2.63 bits per heavy atom. The molecule has 7 heteroatoms. The average Bonchev–Trinajstić information content (AvgIpc) is 3.06. The summed E-state index contributed by atoms with van der Waals surface area (Å²) in [6.07, 6.45) is 3.41. The molecular formula is C20H16FN5O. The summed E-state index contributed by atoms with van der Waals surface area (Å²) in [7, 11) is 0. The third kappa shape index (κ3) is 3.48. The van der Waals surface area contributed by atoms with E-state index in [4.69, 9.17) is 5.73 Å². The van der Waals surface area contributed by atoms with Crippen molar-refractivity contribution in [3.8, 4) is 0 Å². The molecule has 4 aromatic rings. The van der Waals surface area contributed by atoms with Crippen molar-refractivity contribution < 1.29 is 9.18 Å². The zero-order valence-electron chi connectivity index (χ0n) is 14.3. The number of primary amides is 1. The third-order valence-electron chi connectivity index (χ3n) is 4.25. The van der Waals surface area contributed by atoms with Gasteiger partial charge in [-0.25, -0.2) is 9.37 Å². The quantitative estimate of drug-likeness (QED) is 0.570. The molecular weight excluding hydrogens is 345 g/mol. The summed E-state index contributed by atoms with van der Waals surface area (Å²) < 4.78 is 15.7. The highest BCUT2D eigenvalue weighted by atomic mass is 19.1. The lowest BCUT2D eigenvalue weighted by Crippen LogP contribution is -2.10. The Kier molecular flexibility index (Phi) is 4.25. The molecule has 0 fully saturated rings. The van der Waals surface area contributed by atoms with Crippen molar-refractivity contribution in [3.05, 3.63) is 83.9 Å². The number of aromatic nitrogens is 3. The van der Waals surface area contributed by atoms with Crippen LogP contribution in [-0.4, -0.2) is 20.7 Å². The zero-order chi connectivity index (χ0) is 18.8. The Bertz CT molecular complexity index is 1120. The first-order valence-electron chi connectivity index (χ1n) is 8.32. The molecule has 1 amide bonds. The summed E-state index contributed by atoms with van der Waals surface area (Å²) in [6, 6.07) is 15.3. The molecule has 0 bridgehead atoms. The molecule has 2 aromatic carbocycles. The van der Waals surface area contributed by atoms with E-state index < -0.39 is 5.91 Å². The summed E-state index contributed by atoms with van der Waals surface area (Å²) in [5.74, 6) is -0.120. The van der Waals surface area contributed by atoms with Crippen molar-refractivity contribution in [3.63, 3.8) is 0 Å². The van der Waals surface area contributed by atoms with Gasteiger partial charge in [0.15, 0.2) is 0 Å². The molecule has 0 aliphatic heterocycles. The predicted molar refractivity (Wildman–Crippen MR) is 101 cm³/mol. The second kappa shape index (κ2) is 6.87. The van der Waals surface area contributed by atoms with E-state index in [-0.39, 0.29) is 5.82 Å². The number of anilines is 2. The number of benzene rings is 2. The number of hydrogen-bond donors (Lipinski definition) is 2. The van der Waals surface area contributed by atoms with E-state index in [2.05, 4.69) is 15.4 Å². The van der Waals surface area contributed by atoms with Crippen molar-refractivity contribution in [2.45, 2.75) is 6.54 Å². The molecule has 27 heavy (non-hydrogen) atoms. The minimum Gasteiger partial charge on any atom is -0.366 e. The van der Waals surface area contributed by atoms with Gasteiger partial charge in [-0.1, -0.05) is 18.2 Å². The number of pyridine rings is 1. The zero-order valence-corrected chi connectivity index (χ0v) is 14.3. The van der Waals surface area contributed by atoms with E-state index >= 15 is 0 Å². The van der Waals surface area contributed by atoms with Crippen molar-refractivity contribution in [1.29, 1.82) is 0 Å². The van der Waals surface area contributed by atoms with Gasteiger partial charge in [0.05, 0.1) is 18.3 Å². The smallest absolute Gasteiger partial charge is 0.248 e.